The van der Waals surface area contributed by atoms with E-state index < -0.39 is 23.6 Å². The molecule has 0 spiro atoms. The molecule has 3 nitrogen and oxygen atoms in total. The number of ether oxygens (including phenoxy) is 1. The minimum atomic E-state index is -0.727. The van der Waals surface area contributed by atoms with E-state index in [4.69, 9.17) is 4.74 Å². The van der Waals surface area contributed by atoms with E-state index in [2.05, 4.69) is 0 Å². The fourth-order valence-corrected chi connectivity index (χ4v) is 3.16. The zero-order valence-electron chi connectivity index (χ0n) is 16.7. The van der Waals surface area contributed by atoms with E-state index in [1.54, 1.807) is 44.7 Å². The van der Waals surface area contributed by atoms with Crippen molar-refractivity contribution in [3.63, 3.8) is 0 Å². The van der Waals surface area contributed by atoms with Crippen LogP contribution in [0.5, 0.6) is 0 Å². The van der Waals surface area contributed by atoms with Crippen LogP contribution in [0.15, 0.2) is 36.4 Å². The highest BCUT2D eigenvalue weighted by molar-refractivity contribution is 5.84. The fourth-order valence-electron chi connectivity index (χ4n) is 3.16. The monoisotopic (exact) mass is 375 g/mol. The Bertz CT molecular complexity index is 726. The number of halogens is 2. The van der Waals surface area contributed by atoms with Crippen molar-refractivity contribution in [3.05, 3.63) is 59.2 Å². The first-order chi connectivity index (χ1) is 12.6. The molecule has 0 fully saturated rings. The lowest BCUT2D eigenvalue weighted by Crippen LogP contribution is -2.44. The topological polar surface area (TPSA) is 29.5 Å². The molecule has 0 bridgehead atoms. The molecule has 0 aliphatic rings. The molecule has 0 heterocycles. The number of hydrogen-bond donors (Lipinski definition) is 0. The van der Waals surface area contributed by atoms with E-state index in [1.807, 2.05) is 13.8 Å². The highest BCUT2D eigenvalue weighted by Crippen LogP contribution is 2.33. The molecule has 0 aliphatic carbocycles. The normalized spacial score (nSPS) is 12.4. The molecule has 1 atom stereocenters. The third kappa shape index (κ3) is 5.28. The lowest BCUT2D eigenvalue weighted by atomic mass is 9.99. The van der Waals surface area contributed by atoms with Crippen molar-refractivity contribution in [1.82, 2.24) is 0 Å². The van der Waals surface area contributed by atoms with Crippen LogP contribution in [0.4, 0.5) is 20.2 Å². The number of anilines is 2. The summed E-state index contributed by atoms with van der Waals surface area (Å²) in [4.78, 5) is 14.5. The fraction of sp³-hybridized carbons (Fsp3) is 0.409. The van der Waals surface area contributed by atoms with Crippen molar-refractivity contribution in [2.24, 2.45) is 5.92 Å². The predicted molar refractivity (Wildman–Crippen MR) is 104 cm³/mol. The van der Waals surface area contributed by atoms with Gasteiger partial charge in [0.25, 0.3) is 0 Å². The third-order valence-electron chi connectivity index (χ3n) is 4.11. The highest BCUT2D eigenvalue weighted by Gasteiger charge is 2.33. The average molecular weight is 375 g/mol. The molecule has 0 aliphatic heterocycles. The Hall–Kier alpha value is -2.43. The Labute approximate surface area is 160 Å². The van der Waals surface area contributed by atoms with Crippen LogP contribution in [-0.4, -0.2) is 18.1 Å². The zero-order valence-corrected chi connectivity index (χ0v) is 16.7. The zero-order chi connectivity index (χ0) is 20.3. The van der Waals surface area contributed by atoms with Gasteiger partial charge in [-0.2, -0.15) is 0 Å². The minimum Gasteiger partial charge on any atom is -0.461 e. The van der Waals surface area contributed by atoms with E-state index in [0.717, 1.165) is 0 Å². The molecule has 2 aromatic rings. The summed E-state index contributed by atoms with van der Waals surface area (Å²) in [6, 6.07) is 8.36. The number of aryl methyl sites for hydroxylation is 2. The summed E-state index contributed by atoms with van der Waals surface area (Å²) < 4.78 is 33.7. The number of carbonyl (C=O) groups is 1. The van der Waals surface area contributed by atoms with Crippen molar-refractivity contribution < 1.29 is 18.3 Å². The molecule has 0 aromatic heterocycles. The van der Waals surface area contributed by atoms with E-state index >= 15 is 0 Å². The van der Waals surface area contributed by atoms with Gasteiger partial charge in [0.15, 0.2) is 0 Å². The summed E-state index contributed by atoms with van der Waals surface area (Å²) in [5.74, 6) is -1.40. The maximum atomic E-state index is 14.1. The highest BCUT2D eigenvalue weighted by atomic mass is 19.1. The lowest BCUT2D eigenvalue weighted by molar-refractivity contribution is -0.149. The molecular weight excluding hydrogens is 348 g/mol. The van der Waals surface area contributed by atoms with Crippen LogP contribution in [0.25, 0.3) is 0 Å². The molecule has 0 saturated carbocycles. The lowest BCUT2D eigenvalue weighted by Gasteiger charge is -2.35. The van der Waals surface area contributed by atoms with E-state index in [9.17, 15) is 13.6 Å². The van der Waals surface area contributed by atoms with Gasteiger partial charge in [0, 0.05) is 11.4 Å². The number of carbonyl (C=O) groups excluding carboxylic acids is 1. The summed E-state index contributed by atoms with van der Waals surface area (Å²) in [6.45, 7) is 10.9. The molecule has 2 aromatic carbocycles. The van der Waals surface area contributed by atoms with Gasteiger partial charge >= 0.3 is 5.97 Å². The van der Waals surface area contributed by atoms with Gasteiger partial charge in [0.1, 0.15) is 17.7 Å². The molecule has 27 heavy (non-hydrogen) atoms. The Morgan fingerprint density at radius 3 is 1.63 bits per heavy atom. The van der Waals surface area contributed by atoms with Crippen LogP contribution in [-0.2, 0) is 9.53 Å². The first kappa shape index (κ1) is 20.9. The van der Waals surface area contributed by atoms with Gasteiger partial charge in [-0.15, -0.1) is 0 Å². The third-order valence-corrected chi connectivity index (χ3v) is 4.11. The average Bonchev–Trinajstić information content (AvgIpc) is 2.48. The molecule has 0 radical (unpaired) electrons. The van der Waals surface area contributed by atoms with Gasteiger partial charge in [0.05, 0.1) is 6.10 Å². The van der Waals surface area contributed by atoms with Gasteiger partial charge in [-0.25, -0.2) is 13.6 Å². The van der Waals surface area contributed by atoms with Crippen LogP contribution < -0.4 is 4.90 Å². The number of benzene rings is 2. The number of nitrogens with zero attached hydrogens (tertiary/aromatic N) is 1. The van der Waals surface area contributed by atoms with Crippen molar-refractivity contribution in [2.75, 3.05) is 4.90 Å². The molecule has 1 unspecified atom stereocenters. The molecule has 2 rings (SSSR count). The summed E-state index contributed by atoms with van der Waals surface area (Å²) in [5.41, 5.74) is 2.39. The standard InChI is InChI=1S/C22H27F2NO2/c1-13(2)21(22(26)27-14(3)4)25(19-9-15(5)7-17(23)11-19)20-10-16(6)8-18(24)12-20/h7-14,21H,1-6H3. The Morgan fingerprint density at radius 1 is 0.852 bits per heavy atom. The smallest absolute Gasteiger partial charge is 0.329 e. The molecule has 5 heteroatoms. The van der Waals surface area contributed by atoms with Gasteiger partial charge in [-0.05, 0) is 81.1 Å². The quantitative estimate of drug-likeness (QED) is 0.607. The van der Waals surface area contributed by atoms with Crippen molar-refractivity contribution in [3.8, 4) is 0 Å². The Balaban J connectivity index is 2.68. The van der Waals surface area contributed by atoms with Gasteiger partial charge in [-0.1, -0.05) is 13.8 Å². The van der Waals surface area contributed by atoms with Crippen molar-refractivity contribution in [2.45, 2.75) is 53.7 Å². The summed E-state index contributed by atoms with van der Waals surface area (Å²) in [7, 11) is 0. The van der Waals surface area contributed by atoms with Crippen LogP contribution in [0.2, 0.25) is 0 Å². The van der Waals surface area contributed by atoms with Crippen LogP contribution in [0.1, 0.15) is 38.8 Å². The first-order valence-corrected chi connectivity index (χ1v) is 9.12. The maximum absolute atomic E-state index is 14.1. The van der Waals surface area contributed by atoms with Gasteiger partial charge in [0.2, 0.25) is 0 Å². The van der Waals surface area contributed by atoms with E-state index in [0.29, 0.717) is 22.5 Å². The first-order valence-electron chi connectivity index (χ1n) is 9.12. The van der Waals surface area contributed by atoms with Crippen LogP contribution in [0, 0.1) is 31.4 Å². The van der Waals surface area contributed by atoms with Crippen molar-refractivity contribution in [1.29, 1.82) is 0 Å². The molecule has 0 saturated heterocycles. The minimum absolute atomic E-state index is 0.150. The molecule has 0 amide bonds. The van der Waals surface area contributed by atoms with Gasteiger partial charge in [-0.3, -0.25) is 0 Å². The SMILES string of the molecule is Cc1cc(F)cc(N(c2cc(C)cc(F)c2)C(C(=O)OC(C)C)C(C)C)c1. The number of esters is 1. The second-order valence-corrected chi connectivity index (χ2v) is 7.52. The number of hydrogen-bond acceptors (Lipinski definition) is 3. The Morgan fingerprint density at radius 2 is 1.30 bits per heavy atom. The molecular formula is C22H27F2NO2. The maximum Gasteiger partial charge on any atom is 0.329 e. The Kier molecular flexibility index (Phi) is 6.58. The number of rotatable bonds is 6. The molecule has 0 N–H and O–H groups in total. The van der Waals surface area contributed by atoms with E-state index in [-0.39, 0.29) is 12.0 Å². The van der Waals surface area contributed by atoms with Crippen LogP contribution in [0.3, 0.4) is 0 Å². The largest absolute Gasteiger partial charge is 0.461 e. The van der Waals surface area contributed by atoms with Crippen molar-refractivity contribution >= 4 is 17.3 Å². The molecule has 146 valence electrons. The predicted octanol–water partition coefficient (Wildman–Crippen LogP) is 5.70. The second-order valence-electron chi connectivity index (χ2n) is 7.52. The van der Waals surface area contributed by atoms with Crippen LogP contribution >= 0.6 is 0 Å². The van der Waals surface area contributed by atoms with E-state index in [1.165, 1.54) is 24.3 Å². The summed E-state index contributed by atoms with van der Waals surface area (Å²) in [5, 5.41) is 0. The van der Waals surface area contributed by atoms with Gasteiger partial charge < -0.3 is 9.64 Å². The second kappa shape index (κ2) is 8.51. The summed E-state index contributed by atoms with van der Waals surface area (Å²) in [6.07, 6.45) is -0.288. The summed E-state index contributed by atoms with van der Waals surface area (Å²) >= 11 is 0.